The summed E-state index contributed by atoms with van der Waals surface area (Å²) >= 11 is 6.93. The fraction of sp³-hybridized carbons (Fsp3) is 0.651. The molecule has 13 nitrogen and oxygen atoms in total. The number of aliphatic carboxylic acids is 1. The second kappa shape index (κ2) is 16.7. The Morgan fingerprint density at radius 3 is 2.46 bits per heavy atom. The third-order valence-corrected chi connectivity index (χ3v) is 13.0. The molecule has 2 aromatic rings. The Kier molecular flexibility index (Phi) is 12.1. The topological polar surface area (TPSA) is 154 Å². The summed E-state index contributed by atoms with van der Waals surface area (Å²) in [5, 5.41) is 11.1. The van der Waals surface area contributed by atoms with Crippen LogP contribution in [0, 0.1) is 34.5 Å². The zero-order valence-electron chi connectivity index (χ0n) is 33.5. The highest BCUT2D eigenvalue weighted by Crippen LogP contribution is 2.57. The number of allylic oxidation sites excluding steroid dienone is 1. The number of pyridine rings is 1. The average Bonchev–Trinajstić information content (AvgIpc) is 3.98. The molecular formula is C43H56ClN3O10. The number of nitrogens with zero attached hydrogens (tertiary/aromatic N) is 3. The van der Waals surface area contributed by atoms with Crippen LogP contribution in [0.1, 0.15) is 72.6 Å². The number of Topliss-reactive ketones (excluding diaryl/α,β-unsaturated/α-hetero) is 1. The lowest BCUT2D eigenvalue weighted by Gasteiger charge is -2.35. The predicted octanol–water partition coefficient (Wildman–Crippen LogP) is 5.98. The summed E-state index contributed by atoms with van der Waals surface area (Å²) in [6.07, 6.45) is 3.77. The summed E-state index contributed by atoms with van der Waals surface area (Å²) < 4.78 is 29.9. The molecule has 1 unspecified atom stereocenters. The van der Waals surface area contributed by atoms with Gasteiger partial charge in [0.2, 0.25) is 11.8 Å². The predicted molar refractivity (Wildman–Crippen MR) is 211 cm³/mol. The summed E-state index contributed by atoms with van der Waals surface area (Å²) in [6.45, 7) is 15.9. The monoisotopic (exact) mass is 809 g/mol. The van der Waals surface area contributed by atoms with Gasteiger partial charge < -0.3 is 33.7 Å². The Balaban J connectivity index is 1.13. The number of amides is 1. The van der Waals surface area contributed by atoms with Crippen LogP contribution in [0.3, 0.4) is 0 Å². The fourth-order valence-electron chi connectivity index (χ4n) is 9.05. The lowest BCUT2D eigenvalue weighted by atomic mass is 9.77. The number of esters is 1. The molecular weight excluding hydrogens is 754 g/mol. The van der Waals surface area contributed by atoms with Crippen molar-refractivity contribution in [2.75, 3.05) is 52.6 Å². The molecule has 2 saturated heterocycles. The van der Waals surface area contributed by atoms with E-state index in [0.717, 1.165) is 32.5 Å². The lowest BCUT2D eigenvalue weighted by molar-refractivity contribution is -0.157. The fourth-order valence-corrected chi connectivity index (χ4v) is 9.32. The molecule has 310 valence electrons. The number of ether oxygens (including phenoxy) is 5. The number of ketones is 1. The number of likely N-dealkylation sites (tertiary alicyclic amines) is 1. The number of morpholine rings is 1. The van der Waals surface area contributed by atoms with Crippen molar-refractivity contribution in [3.63, 3.8) is 0 Å². The van der Waals surface area contributed by atoms with Crippen molar-refractivity contribution >= 4 is 46.1 Å². The summed E-state index contributed by atoms with van der Waals surface area (Å²) in [5.41, 5.74) is -1.49. The second-order valence-electron chi connectivity index (χ2n) is 17.6. The van der Waals surface area contributed by atoms with E-state index in [-0.39, 0.29) is 55.4 Å². The van der Waals surface area contributed by atoms with Crippen LogP contribution in [-0.4, -0.2) is 114 Å². The highest BCUT2D eigenvalue weighted by molar-refractivity contribution is 6.36. The van der Waals surface area contributed by atoms with Crippen LogP contribution in [0.25, 0.3) is 10.9 Å². The first kappa shape index (κ1) is 41.2. The minimum atomic E-state index is -1.26. The van der Waals surface area contributed by atoms with Crippen LogP contribution in [0.15, 0.2) is 30.9 Å². The van der Waals surface area contributed by atoms with Gasteiger partial charge in [-0.3, -0.25) is 24.1 Å². The third-order valence-electron chi connectivity index (χ3n) is 12.6. The minimum Gasteiger partial charge on any atom is -0.491 e. The van der Waals surface area contributed by atoms with Gasteiger partial charge in [0.05, 0.1) is 50.2 Å². The van der Waals surface area contributed by atoms with Crippen LogP contribution in [0.5, 0.6) is 17.4 Å². The normalized spacial score (nSPS) is 28.7. The van der Waals surface area contributed by atoms with E-state index >= 15 is 0 Å². The molecule has 3 aliphatic carbocycles. The van der Waals surface area contributed by atoms with Crippen molar-refractivity contribution in [3.05, 3.63) is 35.9 Å². The molecule has 5 aliphatic rings. The number of aromatic nitrogens is 1. The first-order chi connectivity index (χ1) is 27.2. The standard InChI is InChI=1S/C43H56ClN3O10/c1-6-27-22-43(27,41(51)52)23-33(48)32-19-29(24-47(32)40(50)31(42(3,4)5)20-37(49)57-28-17-25-16-26(25)18-28)56-35-21-36(54-7-2)45-39-30(35)8-9-34(38(39)44)55-15-12-46-10-13-53-14-11-46/h6,8-9,21,25-29,31-32H,1,7,10-20,22-24H2,2-5H3,(H,51,52)/t25-,26+,27-,28?,29-,31-,32+,43-/m1/s1. The van der Waals surface area contributed by atoms with Gasteiger partial charge in [-0.2, -0.15) is 0 Å². The first-order valence-electron chi connectivity index (χ1n) is 20.4. The van der Waals surface area contributed by atoms with Crippen LogP contribution in [-0.2, 0) is 28.7 Å². The zero-order valence-corrected chi connectivity index (χ0v) is 34.3. The number of carboxylic acids is 1. The lowest BCUT2D eigenvalue weighted by Crippen LogP contribution is -2.48. The molecule has 1 N–H and O–H groups in total. The quantitative estimate of drug-likeness (QED) is 0.148. The largest absolute Gasteiger partial charge is 0.491 e. The van der Waals surface area contributed by atoms with Crippen molar-refractivity contribution in [1.82, 2.24) is 14.8 Å². The van der Waals surface area contributed by atoms with Crippen molar-refractivity contribution in [3.8, 4) is 17.4 Å². The van der Waals surface area contributed by atoms with Gasteiger partial charge in [-0.05, 0) is 67.9 Å². The number of fused-ring (bicyclic) bond motifs is 2. The number of carboxylic acid groups (broad SMARTS) is 1. The maximum Gasteiger partial charge on any atom is 0.310 e. The molecule has 3 heterocycles. The summed E-state index contributed by atoms with van der Waals surface area (Å²) in [7, 11) is 0. The molecule has 14 heteroatoms. The van der Waals surface area contributed by atoms with Crippen molar-refractivity contribution in [1.29, 1.82) is 0 Å². The van der Waals surface area contributed by atoms with Gasteiger partial charge in [-0.15, -0.1) is 6.58 Å². The molecule has 7 rings (SSSR count). The number of carbonyl (C=O) groups is 4. The maximum absolute atomic E-state index is 14.7. The van der Waals surface area contributed by atoms with E-state index in [1.807, 2.05) is 33.8 Å². The number of hydrogen-bond donors (Lipinski definition) is 1. The molecule has 5 fully saturated rings. The van der Waals surface area contributed by atoms with Gasteiger partial charge in [0.25, 0.3) is 0 Å². The zero-order chi connectivity index (χ0) is 40.6. The minimum absolute atomic E-state index is 0.0397. The Bertz CT molecular complexity index is 1870. The molecule has 2 aliphatic heterocycles. The number of carbonyl (C=O) groups excluding carboxylic acids is 3. The van der Waals surface area contributed by atoms with Gasteiger partial charge >= 0.3 is 11.9 Å². The molecule has 0 radical (unpaired) electrons. The second-order valence-corrected chi connectivity index (χ2v) is 17.9. The molecule has 57 heavy (non-hydrogen) atoms. The van der Waals surface area contributed by atoms with E-state index in [2.05, 4.69) is 16.5 Å². The highest BCUT2D eigenvalue weighted by Gasteiger charge is 2.61. The van der Waals surface area contributed by atoms with Crippen LogP contribution in [0.2, 0.25) is 5.02 Å². The van der Waals surface area contributed by atoms with E-state index in [1.165, 1.54) is 11.3 Å². The molecule has 8 atom stereocenters. The number of hydrogen-bond acceptors (Lipinski definition) is 11. The van der Waals surface area contributed by atoms with Gasteiger partial charge in [0.1, 0.15) is 40.9 Å². The highest BCUT2D eigenvalue weighted by atomic mass is 35.5. The first-order valence-corrected chi connectivity index (χ1v) is 20.8. The van der Waals surface area contributed by atoms with Crippen LogP contribution >= 0.6 is 11.6 Å². The van der Waals surface area contributed by atoms with Gasteiger partial charge in [0.15, 0.2) is 5.78 Å². The Hall–Kier alpha value is -3.94. The van der Waals surface area contributed by atoms with Crippen LogP contribution in [0.4, 0.5) is 0 Å². The molecule has 0 bridgehead atoms. The van der Waals surface area contributed by atoms with E-state index in [0.29, 0.717) is 72.1 Å². The van der Waals surface area contributed by atoms with Crippen LogP contribution < -0.4 is 14.2 Å². The summed E-state index contributed by atoms with van der Waals surface area (Å²) in [5.74, 6) is -0.922. The number of halogens is 1. The van der Waals surface area contributed by atoms with E-state index in [4.69, 9.17) is 35.3 Å². The SMILES string of the molecule is C=C[C@@H]1C[C@]1(CC(=O)[C@@H]1C[C@@H](Oc2cc(OCC)nc3c(Cl)c(OCCN4CCOCC4)ccc23)CN1C(=O)[C@@H](CC(=O)OC1C[C@@H]2C[C@@H]2C1)C(C)(C)C)C(=O)O. The third kappa shape index (κ3) is 9.05. The molecule has 1 aromatic carbocycles. The summed E-state index contributed by atoms with van der Waals surface area (Å²) in [4.78, 5) is 63.2. The number of benzene rings is 1. The van der Waals surface area contributed by atoms with E-state index in [9.17, 15) is 24.3 Å². The molecule has 1 aromatic heterocycles. The van der Waals surface area contributed by atoms with Crippen molar-refractivity contribution < 1.29 is 48.0 Å². The Morgan fingerprint density at radius 1 is 1.07 bits per heavy atom. The van der Waals surface area contributed by atoms with Crippen molar-refractivity contribution in [2.24, 2.45) is 34.5 Å². The molecule has 0 spiro atoms. The Morgan fingerprint density at radius 2 is 1.81 bits per heavy atom. The van der Waals surface area contributed by atoms with Gasteiger partial charge in [-0.25, -0.2) is 4.98 Å². The number of rotatable bonds is 17. The average molecular weight is 810 g/mol. The van der Waals surface area contributed by atoms with E-state index < -0.39 is 40.8 Å². The van der Waals surface area contributed by atoms with Gasteiger partial charge in [0, 0.05) is 43.9 Å². The van der Waals surface area contributed by atoms with E-state index in [1.54, 1.807) is 18.2 Å². The summed E-state index contributed by atoms with van der Waals surface area (Å²) in [6, 6.07) is 4.29. The smallest absolute Gasteiger partial charge is 0.310 e. The maximum atomic E-state index is 14.7. The van der Waals surface area contributed by atoms with Gasteiger partial charge in [-0.1, -0.05) is 38.4 Å². The molecule has 1 amide bonds. The molecule has 3 saturated carbocycles. The van der Waals surface area contributed by atoms with Crippen molar-refractivity contribution in [2.45, 2.75) is 90.9 Å². The Labute approximate surface area is 339 Å².